The summed E-state index contributed by atoms with van der Waals surface area (Å²) in [6.45, 7) is 6.39. The number of fused-ring (bicyclic) bond motifs is 1. The van der Waals surface area contributed by atoms with Crippen LogP contribution in [-0.2, 0) is 17.3 Å². The number of carbonyl (C=O) groups is 1. The lowest BCUT2D eigenvalue weighted by atomic mass is 9.68. The summed E-state index contributed by atoms with van der Waals surface area (Å²) in [5.74, 6) is -3.32. The summed E-state index contributed by atoms with van der Waals surface area (Å²) >= 11 is 0. The Morgan fingerprint density at radius 2 is 1.66 bits per heavy atom. The Bertz CT molecular complexity index is 1780. The molecule has 8 nitrogen and oxygen atoms in total. The Hall–Kier alpha value is -3.62. The number of halogens is 6. The molecule has 2 aliphatic heterocycles. The minimum atomic E-state index is -4.60. The first-order valence-electron chi connectivity index (χ1n) is 18.5. The monoisotopic (exact) mass is 745 g/mol. The van der Waals surface area contributed by atoms with Crippen LogP contribution in [0.15, 0.2) is 36.7 Å². The molecule has 2 N–H and O–H groups in total. The number of morpholine rings is 1. The molecule has 3 aromatic rings. The molecule has 3 atom stereocenters. The van der Waals surface area contributed by atoms with Crippen molar-refractivity contribution in [3.8, 4) is 0 Å². The Balaban J connectivity index is 1.24. The van der Waals surface area contributed by atoms with Gasteiger partial charge in [0.15, 0.2) is 12.0 Å². The molecule has 0 spiro atoms. The summed E-state index contributed by atoms with van der Waals surface area (Å²) in [6, 6.07) is 3.49. The first kappa shape index (κ1) is 37.7. The lowest BCUT2D eigenvalue weighted by molar-refractivity contribution is -0.137. The van der Waals surface area contributed by atoms with Crippen molar-refractivity contribution in [1.82, 2.24) is 20.3 Å². The topological polar surface area (TPSA) is 100 Å². The quantitative estimate of drug-likeness (QED) is 0.187. The Morgan fingerprint density at radius 1 is 1.00 bits per heavy atom. The molecule has 1 aromatic carbocycles. The second-order valence-corrected chi connectivity index (χ2v) is 15.8. The first-order valence-corrected chi connectivity index (χ1v) is 18.5. The van der Waals surface area contributed by atoms with Crippen molar-refractivity contribution in [3.05, 3.63) is 81.4 Å². The third kappa shape index (κ3) is 7.95. The van der Waals surface area contributed by atoms with Crippen LogP contribution in [-0.4, -0.2) is 70.7 Å². The molecule has 2 aromatic heterocycles. The Kier molecular flexibility index (Phi) is 10.3. The lowest BCUT2D eigenvalue weighted by Crippen LogP contribution is -2.46. The zero-order valence-corrected chi connectivity index (χ0v) is 29.9. The molecule has 1 unspecified atom stereocenters. The standard InChI is InChI=1S/C39H45F6N5O3/c1-37(2)17-27-31(29(51)18-37)30(22-7-11-38(41,42)12-8-22)32(33(40)23-3-5-26(6-4-23)39(43,44)45)34(49-27)24-9-14-50(15-10-24)36-47-19-25(20-48-36)35(52)28-21-53-16-13-46-28/h3-6,19-20,22,24,28-29,33,46,51H,7-18,21H2,1-2H3/t28?,29-,33-/m0/s1. The van der Waals surface area contributed by atoms with Crippen LogP contribution in [0.2, 0.25) is 0 Å². The largest absolute Gasteiger partial charge is 0.416 e. The van der Waals surface area contributed by atoms with Crippen LogP contribution in [0.1, 0.15) is 132 Å². The van der Waals surface area contributed by atoms with E-state index in [0.29, 0.717) is 86.0 Å². The lowest BCUT2D eigenvalue weighted by Gasteiger charge is -2.41. The minimum Gasteiger partial charge on any atom is -0.388 e. The summed E-state index contributed by atoms with van der Waals surface area (Å²) < 4.78 is 92.1. The van der Waals surface area contributed by atoms with Crippen molar-refractivity contribution in [2.45, 2.75) is 107 Å². The van der Waals surface area contributed by atoms with E-state index in [2.05, 4.69) is 15.3 Å². The fraction of sp³-hybridized carbons (Fsp3) is 0.590. The van der Waals surface area contributed by atoms with Crippen molar-refractivity contribution in [2.24, 2.45) is 5.41 Å². The average molecular weight is 746 g/mol. The molecule has 0 radical (unpaired) electrons. The number of hydrogen-bond donors (Lipinski definition) is 2. The number of pyridine rings is 1. The second kappa shape index (κ2) is 14.6. The highest BCUT2D eigenvalue weighted by atomic mass is 19.4. The number of ketones is 1. The van der Waals surface area contributed by atoms with E-state index in [9.17, 15) is 31.9 Å². The fourth-order valence-corrected chi connectivity index (χ4v) is 8.62. The number of ether oxygens (including phenoxy) is 1. The predicted octanol–water partition coefficient (Wildman–Crippen LogP) is 7.80. The van der Waals surface area contributed by atoms with Crippen LogP contribution in [0.25, 0.3) is 0 Å². The number of alkyl halides is 6. The van der Waals surface area contributed by atoms with Gasteiger partial charge in [-0.2, -0.15) is 13.2 Å². The molecule has 53 heavy (non-hydrogen) atoms. The van der Waals surface area contributed by atoms with Crippen LogP contribution < -0.4 is 10.2 Å². The molecule has 3 fully saturated rings. The molecule has 14 heteroatoms. The highest BCUT2D eigenvalue weighted by molar-refractivity contribution is 5.99. The van der Waals surface area contributed by atoms with Gasteiger partial charge in [-0.3, -0.25) is 9.78 Å². The number of piperidine rings is 1. The van der Waals surface area contributed by atoms with Gasteiger partial charge < -0.3 is 20.1 Å². The minimum absolute atomic E-state index is 0.00415. The summed E-state index contributed by atoms with van der Waals surface area (Å²) in [6.07, 6.45) is -3.18. The van der Waals surface area contributed by atoms with Crippen molar-refractivity contribution in [1.29, 1.82) is 0 Å². The zero-order valence-electron chi connectivity index (χ0n) is 29.9. The van der Waals surface area contributed by atoms with E-state index in [4.69, 9.17) is 9.72 Å². The summed E-state index contributed by atoms with van der Waals surface area (Å²) in [7, 11) is 0. The van der Waals surface area contributed by atoms with Gasteiger partial charge in [-0.1, -0.05) is 26.0 Å². The Morgan fingerprint density at radius 3 is 2.26 bits per heavy atom. The molecule has 1 saturated carbocycles. The zero-order chi connectivity index (χ0) is 37.7. The van der Waals surface area contributed by atoms with Crippen LogP contribution >= 0.6 is 0 Å². The molecular weight excluding hydrogens is 700 g/mol. The maximum atomic E-state index is 17.3. The van der Waals surface area contributed by atoms with Gasteiger partial charge in [0.1, 0.15) is 0 Å². The Labute approximate surface area is 304 Å². The van der Waals surface area contributed by atoms with Gasteiger partial charge >= 0.3 is 6.18 Å². The van der Waals surface area contributed by atoms with E-state index in [1.165, 1.54) is 12.4 Å². The highest BCUT2D eigenvalue weighted by Gasteiger charge is 2.44. The van der Waals surface area contributed by atoms with Gasteiger partial charge in [0.2, 0.25) is 11.9 Å². The molecule has 0 bridgehead atoms. The summed E-state index contributed by atoms with van der Waals surface area (Å²) in [4.78, 5) is 28.9. The highest BCUT2D eigenvalue weighted by Crippen LogP contribution is 2.52. The molecule has 2 aliphatic carbocycles. The number of anilines is 1. The molecular formula is C39H45F6N5O3. The number of carbonyl (C=O) groups excluding carboxylic acids is 1. The first-order chi connectivity index (χ1) is 25.1. The molecule has 7 rings (SSSR count). The number of aliphatic hydroxyl groups is 1. The van der Waals surface area contributed by atoms with E-state index in [-0.39, 0.29) is 60.5 Å². The third-order valence-corrected chi connectivity index (χ3v) is 11.4. The number of nitrogens with one attached hydrogen (secondary N) is 1. The second-order valence-electron chi connectivity index (χ2n) is 15.8. The van der Waals surface area contributed by atoms with E-state index in [0.717, 1.165) is 24.3 Å². The van der Waals surface area contributed by atoms with Crippen LogP contribution in [0.3, 0.4) is 0 Å². The summed E-state index contributed by atoms with van der Waals surface area (Å²) in [5.41, 5.74) is 1.41. The smallest absolute Gasteiger partial charge is 0.388 e. The summed E-state index contributed by atoms with van der Waals surface area (Å²) in [5, 5.41) is 14.8. The number of hydrogen-bond acceptors (Lipinski definition) is 8. The molecule has 4 heterocycles. The van der Waals surface area contributed by atoms with Gasteiger partial charge in [-0.15, -0.1) is 0 Å². The van der Waals surface area contributed by atoms with Crippen LogP contribution in [0.5, 0.6) is 0 Å². The van der Waals surface area contributed by atoms with Crippen molar-refractivity contribution >= 4 is 11.7 Å². The number of aromatic nitrogens is 3. The normalized spacial score (nSPS) is 24.4. The van der Waals surface area contributed by atoms with Crippen molar-refractivity contribution in [3.63, 3.8) is 0 Å². The van der Waals surface area contributed by atoms with E-state index in [1.807, 2.05) is 18.7 Å². The number of rotatable bonds is 7. The number of benzene rings is 1. The SMILES string of the molecule is CC1(C)Cc2nc(C3CCN(c4ncc(C(=O)C5COCCN5)cn4)CC3)c([C@@H](F)c3ccc(C(F)(F)F)cc3)c(C3CCC(F)(F)CC3)c2[C@@H](O)C1. The maximum Gasteiger partial charge on any atom is 0.416 e. The molecule has 2 saturated heterocycles. The van der Waals surface area contributed by atoms with Gasteiger partial charge in [-0.05, 0) is 73.1 Å². The average Bonchev–Trinajstić information content (AvgIpc) is 3.13. The van der Waals surface area contributed by atoms with E-state index in [1.54, 1.807) is 0 Å². The van der Waals surface area contributed by atoms with Crippen LogP contribution in [0, 0.1) is 5.41 Å². The predicted molar refractivity (Wildman–Crippen MR) is 185 cm³/mol. The number of aliphatic hydroxyl groups excluding tert-OH is 1. The van der Waals surface area contributed by atoms with Crippen molar-refractivity contribution < 1.29 is 41.0 Å². The fourth-order valence-electron chi connectivity index (χ4n) is 8.62. The van der Waals surface area contributed by atoms with Crippen molar-refractivity contribution in [2.75, 3.05) is 37.7 Å². The molecule has 0 amide bonds. The van der Waals surface area contributed by atoms with Gasteiger partial charge in [0.05, 0.1) is 42.2 Å². The maximum absolute atomic E-state index is 17.3. The van der Waals surface area contributed by atoms with Crippen LogP contribution in [0.4, 0.5) is 32.3 Å². The van der Waals surface area contributed by atoms with Gasteiger partial charge in [0.25, 0.3) is 0 Å². The number of nitrogens with zero attached hydrogens (tertiary/aromatic N) is 4. The van der Waals surface area contributed by atoms with E-state index >= 15 is 4.39 Å². The van der Waals surface area contributed by atoms with Gasteiger partial charge in [-0.25, -0.2) is 23.1 Å². The van der Waals surface area contributed by atoms with E-state index < -0.39 is 41.9 Å². The van der Waals surface area contributed by atoms with Gasteiger partial charge in [0, 0.05) is 67.6 Å². The third-order valence-electron chi connectivity index (χ3n) is 11.4. The number of Topliss-reactive ketones (excluding diaryl/α,β-unsaturated/α-hetero) is 1. The molecule has 4 aliphatic rings. The molecule has 286 valence electrons.